The van der Waals surface area contributed by atoms with Crippen molar-refractivity contribution in [3.63, 3.8) is 0 Å². The normalized spacial score (nSPS) is 14.4. The van der Waals surface area contributed by atoms with Crippen molar-refractivity contribution < 1.29 is 13.3 Å². The van der Waals surface area contributed by atoms with Crippen LogP contribution in [0.2, 0.25) is 0 Å². The molecule has 2 aromatic rings. The molecule has 0 aliphatic heterocycles. The minimum absolute atomic E-state index is 0.0462. The van der Waals surface area contributed by atoms with Gasteiger partial charge in [-0.25, -0.2) is 8.78 Å². The molecule has 1 heterocycles. The predicted molar refractivity (Wildman–Crippen MR) is 69.2 cm³/mol. The van der Waals surface area contributed by atoms with E-state index in [1.165, 1.54) is 6.07 Å². The van der Waals surface area contributed by atoms with E-state index in [1.807, 2.05) is 6.92 Å². The Morgan fingerprint density at radius 3 is 2.74 bits per heavy atom. The fourth-order valence-electron chi connectivity index (χ4n) is 1.41. The molecule has 102 valence electrons. The second-order valence-electron chi connectivity index (χ2n) is 4.42. The summed E-state index contributed by atoms with van der Waals surface area (Å²) in [7, 11) is 0. The first-order valence-electron chi connectivity index (χ1n) is 5.63. The van der Waals surface area contributed by atoms with Gasteiger partial charge in [0.15, 0.2) is 11.6 Å². The summed E-state index contributed by atoms with van der Waals surface area (Å²) in [6.07, 6.45) is 0.605. The second kappa shape index (κ2) is 4.97. The van der Waals surface area contributed by atoms with Gasteiger partial charge >= 0.3 is 0 Å². The number of hydrogen-bond acceptors (Lipinski definition) is 4. The third-order valence-electron chi connectivity index (χ3n) is 2.93. The van der Waals surface area contributed by atoms with Crippen molar-refractivity contribution in [1.82, 2.24) is 10.1 Å². The monoisotopic (exact) mass is 331 g/mol. The Morgan fingerprint density at radius 2 is 2.11 bits per heavy atom. The van der Waals surface area contributed by atoms with Crippen LogP contribution in [0.3, 0.4) is 0 Å². The first-order chi connectivity index (χ1) is 8.86. The highest BCUT2D eigenvalue weighted by molar-refractivity contribution is 9.10. The molecule has 19 heavy (non-hydrogen) atoms. The molecule has 2 rings (SSSR count). The number of hydrogen-bond donors (Lipinski definition) is 1. The van der Waals surface area contributed by atoms with Crippen LogP contribution in [0.4, 0.5) is 8.78 Å². The second-order valence-corrected chi connectivity index (χ2v) is 5.21. The van der Waals surface area contributed by atoms with E-state index < -0.39 is 17.2 Å². The number of halogens is 3. The van der Waals surface area contributed by atoms with E-state index in [-0.39, 0.29) is 16.2 Å². The first-order valence-corrected chi connectivity index (χ1v) is 6.43. The predicted octanol–water partition coefficient (Wildman–Crippen LogP) is 3.36. The maximum Gasteiger partial charge on any atom is 0.246 e. The maximum atomic E-state index is 13.5. The molecule has 0 bridgehead atoms. The molecule has 1 unspecified atom stereocenters. The molecule has 0 saturated heterocycles. The number of nitrogens with zero attached hydrogens (tertiary/aromatic N) is 2. The fourth-order valence-corrected chi connectivity index (χ4v) is 1.91. The molecular weight excluding hydrogens is 320 g/mol. The van der Waals surface area contributed by atoms with Gasteiger partial charge in [0.2, 0.25) is 11.7 Å². The number of nitrogens with two attached hydrogens (primary N) is 1. The van der Waals surface area contributed by atoms with Crippen molar-refractivity contribution in [1.29, 1.82) is 0 Å². The van der Waals surface area contributed by atoms with Gasteiger partial charge in [-0.3, -0.25) is 0 Å². The van der Waals surface area contributed by atoms with Gasteiger partial charge in [-0.2, -0.15) is 4.98 Å². The summed E-state index contributed by atoms with van der Waals surface area (Å²) < 4.78 is 31.5. The third kappa shape index (κ3) is 2.52. The molecule has 1 aromatic heterocycles. The van der Waals surface area contributed by atoms with E-state index in [2.05, 4.69) is 26.1 Å². The van der Waals surface area contributed by atoms with Crippen molar-refractivity contribution in [3.05, 3.63) is 34.1 Å². The van der Waals surface area contributed by atoms with Crippen molar-refractivity contribution >= 4 is 15.9 Å². The fraction of sp³-hybridized carbons (Fsp3) is 0.333. The van der Waals surface area contributed by atoms with Crippen LogP contribution in [0.1, 0.15) is 26.2 Å². The summed E-state index contributed by atoms with van der Waals surface area (Å²) in [5.74, 6) is -1.53. The summed E-state index contributed by atoms with van der Waals surface area (Å²) in [6.45, 7) is 3.64. The molecule has 1 aromatic carbocycles. The molecule has 2 N–H and O–H groups in total. The van der Waals surface area contributed by atoms with Gasteiger partial charge in [-0.1, -0.05) is 12.1 Å². The third-order valence-corrected chi connectivity index (χ3v) is 3.70. The summed E-state index contributed by atoms with van der Waals surface area (Å²) in [4.78, 5) is 4.13. The Labute approximate surface area is 117 Å². The van der Waals surface area contributed by atoms with Crippen LogP contribution in [0.15, 0.2) is 21.1 Å². The Kier molecular flexibility index (Phi) is 3.69. The smallest absolute Gasteiger partial charge is 0.246 e. The Balaban J connectivity index is 2.47. The van der Waals surface area contributed by atoms with Crippen LogP contribution >= 0.6 is 15.9 Å². The van der Waals surface area contributed by atoms with Gasteiger partial charge < -0.3 is 10.3 Å². The topological polar surface area (TPSA) is 64.9 Å². The largest absolute Gasteiger partial charge is 0.337 e. The van der Waals surface area contributed by atoms with Crippen LogP contribution < -0.4 is 5.73 Å². The standard InChI is InChI=1S/C12H12BrF2N3O/c1-3-12(2,16)11-17-10(18-19-11)6-4-5-7(14)9(15)8(6)13/h4-5H,3,16H2,1-2H3. The lowest BCUT2D eigenvalue weighted by Crippen LogP contribution is -2.32. The molecule has 0 aliphatic carbocycles. The summed E-state index contributed by atoms with van der Waals surface area (Å²) in [5.41, 5.74) is 5.53. The SMILES string of the molecule is CCC(C)(N)c1nc(-c2ccc(F)c(F)c2Br)no1. The zero-order valence-corrected chi connectivity index (χ0v) is 12.0. The average Bonchev–Trinajstić information content (AvgIpc) is 2.86. The highest BCUT2D eigenvalue weighted by atomic mass is 79.9. The number of rotatable bonds is 3. The van der Waals surface area contributed by atoms with Crippen LogP contribution in [-0.4, -0.2) is 10.1 Å². The lowest BCUT2D eigenvalue weighted by atomic mass is 10.0. The quantitative estimate of drug-likeness (QED) is 0.876. The van der Waals surface area contributed by atoms with Crippen LogP contribution in [0.5, 0.6) is 0 Å². The van der Waals surface area contributed by atoms with E-state index in [0.29, 0.717) is 12.0 Å². The van der Waals surface area contributed by atoms with Crippen molar-refractivity contribution in [2.75, 3.05) is 0 Å². The van der Waals surface area contributed by atoms with Crippen molar-refractivity contribution in [3.8, 4) is 11.4 Å². The molecule has 0 radical (unpaired) electrons. The highest BCUT2D eigenvalue weighted by Gasteiger charge is 2.27. The molecule has 0 spiro atoms. The van der Waals surface area contributed by atoms with E-state index in [0.717, 1.165) is 6.07 Å². The molecule has 4 nitrogen and oxygen atoms in total. The van der Waals surface area contributed by atoms with Gasteiger partial charge in [-0.05, 0) is 41.4 Å². The summed E-state index contributed by atoms with van der Waals surface area (Å²) in [6, 6.07) is 2.38. The van der Waals surface area contributed by atoms with Gasteiger partial charge in [0.1, 0.15) is 0 Å². The van der Waals surface area contributed by atoms with Crippen LogP contribution in [0.25, 0.3) is 11.4 Å². The zero-order valence-electron chi connectivity index (χ0n) is 10.4. The molecular formula is C12H12BrF2N3O. The lowest BCUT2D eigenvalue weighted by Gasteiger charge is -2.16. The minimum atomic E-state index is -0.991. The zero-order chi connectivity index (χ0) is 14.2. The molecule has 0 amide bonds. The first kappa shape index (κ1) is 14.1. The lowest BCUT2D eigenvalue weighted by molar-refractivity contribution is 0.291. The molecule has 0 fully saturated rings. The highest BCUT2D eigenvalue weighted by Crippen LogP contribution is 2.31. The molecule has 0 saturated carbocycles. The average molecular weight is 332 g/mol. The molecule has 0 aliphatic rings. The number of benzene rings is 1. The molecule has 1 atom stereocenters. The Bertz CT molecular complexity index is 613. The number of aromatic nitrogens is 2. The van der Waals surface area contributed by atoms with Crippen LogP contribution in [0, 0.1) is 11.6 Å². The van der Waals surface area contributed by atoms with Crippen molar-refractivity contribution in [2.24, 2.45) is 5.73 Å². The van der Waals surface area contributed by atoms with Gasteiger partial charge in [0.05, 0.1) is 10.0 Å². The van der Waals surface area contributed by atoms with Crippen LogP contribution in [-0.2, 0) is 5.54 Å². The van der Waals surface area contributed by atoms with E-state index in [4.69, 9.17) is 10.3 Å². The molecule has 7 heteroatoms. The van der Waals surface area contributed by atoms with Gasteiger partial charge in [-0.15, -0.1) is 0 Å². The van der Waals surface area contributed by atoms with E-state index in [9.17, 15) is 8.78 Å². The van der Waals surface area contributed by atoms with Crippen molar-refractivity contribution in [2.45, 2.75) is 25.8 Å². The minimum Gasteiger partial charge on any atom is -0.337 e. The summed E-state index contributed by atoms with van der Waals surface area (Å²) in [5, 5.41) is 3.75. The van der Waals surface area contributed by atoms with E-state index >= 15 is 0 Å². The van der Waals surface area contributed by atoms with Gasteiger partial charge in [0.25, 0.3) is 0 Å². The van der Waals surface area contributed by atoms with Gasteiger partial charge in [0, 0.05) is 5.56 Å². The Hall–Kier alpha value is -1.34. The Morgan fingerprint density at radius 1 is 1.42 bits per heavy atom. The summed E-state index contributed by atoms with van der Waals surface area (Å²) >= 11 is 2.98. The maximum absolute atomic E-state index is 13.5. The van der Waals surface area contributed by atoms with E-state index in [1.54, 1.807) is 6.92 Å².